The van der Waals surface area contributed by atoms with Gasteiger partial charge in [-0.15, -0.1) is 0 Å². The highest BCUT2D eigenvalue weighted by atomic mass is 32.2. The number of carbonyl (C=O) groups is 1. The van der Waals surface area contributed by atoms with Gasteiger partial charge in [-0.2, -0.15) is 0 Å². The number of hydrogen-bond donors (Lipinski definition) is 1. The van der Waals surface area contributed by atoms with E-state index in [1.165, 1.54) is 19.2 Å². The van der Waals surface area contributed by atoms with Crippen LogP contribution < -0.4 is 14.4 Å². The molecule has 0 saturated heterocycles. The van der Waals surface area contributed by atoms with E-state index in [1.54, 1.807) is 24.3 Å². The number of para-hydroxylation sites is 3. The lowest BCUT2D eigenvalue weighted by Gasteiger charge is -2.26. The average Bonchev–Trinajstić information content (AvgIpc) is 2.82. The Morgan fingerprint density at radius 3 is 2.03 bits per heavy atom. The number of halogens is 1. The molecular weight excluding hydrogens is 467 g/mol. The van der Waals surface area contributed by atoms with Gasteiger partial charge in [0.1, 0.15) is 18.1 Å². The summed E-state index contributed by atoms with van der Waals surface area (Å²) in [4.78, 5) is 13.2. The Morgan fingerprint density at radius 1 is 0.914 bits per heavy atom. The highest BCUT2D eigenvalue weighted by Gasteiger charge is 2.30. The Kier molecular flexibility index (Phi) is 8.17. The second-order valence-corrected chi connectivity index (χ2v) is 10.7. The highest BCUT2D eigenvalue weighted by molar-refractivity contribution is 7.92. The van der Waals surface area contributed by atoms with E-state index < -0.39 is 28.3 Å². The molecule has 0 spiro atoms. The molecule has 0 unspecified atom stereocenters. The van der Waals surface area contributed by atoms with Crippen molar-refractivity contribution in [3.05, 3.63) is 83.7 Å². The first kappa shape index (κ1) is 26.2. The number of methoxy groups -OCH3 is 1. The zero-order valence-electron chi connectivity index (χ0n) is 20.6. The molecule has 186 valence electrons. The molecule has 3 aromatic carbocycles. The van der Waals surface area contributed by atoms with Gasteiger partial charge in [-0.1, -0.05) is 58.0 Å². The van der Waals surface area contributed by atoms with Gasteiger partial charge in [0.15, 0.2) is 0 Å². The lowest BCUT2D eigenvalue weighted by atomic mass is 9.92. The van der Waals surface area contributed by atoms with Crippen molar-refractivity contribution in [2.24, 2.45) is 0 Å². The quantitative estimate of drug-likeness (QED) is 0.398. The fraction of sp³-hybridized carbons (Fsp3) is 0.296. The van der Waals surface area contributed by atoms with Crippen LogP contribution in [0, 0.1) is 5.82 Å². The maximum absolute atomic E-state index is 13.6. The number of ether oxygens (including phenoxy) is 1. The molecule has 0 aromatic heterocycles. The number of amides is 1. The third-order valence-electron chi connectivity index (χ3n) is 5.68. The van der Waals surface area contributed by atoms with Crippen molar-refractivity contribution < 1.29 is 22.3 Å². The second kappa shape index (κ2) is 10.9. The molecule has 6 nitrogen and oxygen atoms in total. The third-order valence-corrected chi connectivity index (χ3v) is 7.45. The number of rotatable bonds is 9. The van der Waals surface area contributed by atoms with Crippen LogP contribution in [0.5, 0.6) is 5.75 Å². The van der Waals surface area contributed by atoms with Gasteiger partial charge in [0, 0.05) is 5.69 Å². The first-order valence-corrected chi connectivity index (χ1v) is 12.8. The Labute approximate surface area is 206 Å². The van der Waals surface area contributed by atoms with Crippen LogP contribution in [-0.2, 0) is 14.8 Å². The maximum atomic E-state index is 13.6. The van der Waals surface area contributed by atoms with Gasteiger partial charge in [-0.3, -0.25) is 9.10 Å². The zero-order chi connectivity index (χ0) is 25.8. The van der Waals surface area contributed by atoms with Crippen molar-refractivity contribution in [1.82, 2.24) is 0 Å². The molecule has 1 N–H and O–H groups in total. The minimum absolute atomic E-state index is 0.136. The van der Waals surface area contributed by atoms with Gasteiger partial charge in [-0.25, -0.2) is 12.8 Å². The average molecular weight is 499 g/mol. The smallest absolute Gasteiger partial charge is 0.264 e. The second-order valence-electron chi connectivity index (χ2n) is 8.81. The largest absolute Gasteiger partial charge is 0.495 e. The SMILES string of the molecule is COc1ccccc1N(CC(=O)Nc1c(C(C)C)cccc1C(C)C)S(=O)(=O)c1ccc(F)cc1. The summed E-state index contributed by atoms with van der Waals surface area (Å²) in [6.07, 6.45) is 0. The minimum atomic E-state index is -4.22. The van der Waals surface area contributed by atoms with Crippen molar-refractivity contribution in [2.75, 3.05) is 23.3 Å². The summed E-state index contributed by atoms with van der Waals surface area (Å²) in [7, 11) is -2.79. The van der Waals surface area contributed by atoms with Crippen molar-refractivity contribution in [1.29, 1.82) is 0 Å². The van der Waals surface area contributed by atoms with Crippen LogP contribution in [0.1, 0.15) is 50.7 Å². The first-order valence-electron chi connectivity index (χ1n) is 11.4. The predicted octanol–water partition coefficient (Wildman–Crippen LogP) is 5.92. The predicted molar refractivity (Wildman–Crippen MR) is 137 cm³/mol. The molecule has 3 rings (SSSR count). The van der Waals surface area contributed by atoms with E-state index in [0.717, 1.165) is 27.6 Å². The van der Waals surface area contributed by atoms with E-state index in [0.29, 0.717) is 5.69 Å². The normalized spacial score (nSPS) is 11.5. The van der Waals surface area contributed by atoms with Crippen LogP contribution in [0.15, 0.2) is 71.6 Å². The fourth-order valence-electron chi connectivity index (χ4n) is 3.87. The van der Waals surface area contributed by atoms with Gasteiger partial charge in [0.25, 0.3) is 10.0 Å². The molecule has 8 heteroatoms. The summed E-state index contributed by atoms with van der Waals surface area (Å²) in [5.74, 6) is -0.473. The minimum Gasteiger partial charge on any atom is -0.495 e. The van der Waals surface area contributed by atoms with Gasteiger partial charge < -0.3 is 10.1 Å². The van der Waals surface area contributed by atoms with Gasteiger partial charge >= 0.3 is 0 Å². The lowest BCUT2D eigenvalue weighted by molar-refractivity contribution is -0.114. The highest BCUT2D eigenvalue weighted by Crippen LogP contribution is 2.34. The van der Waals surface area contributed by atoms with Crippen molar-refractivity contribution >= 4 is 27.3 Å². The van der Waals surface area contributed by atoms with Gasteiger partial charge in [0.05, 0.1) is 17.7 Å². The fourth-order valence-corrected chi connectivity index (χ4v) is 5.31. The van der Waals surface area contributed by atoms with Crippen molar-refractivity contribution in [2.45, 2.75) is 44.4 Å². The molecule has 0 bridgehead atoms. The number of hydrogen-bond acceptors (Lipinski definition) is 4. The van der Waals surface area contributed by atoms with Crippen LogP contribution in [0.2, 0.25) is 0 Å². The van der Waals surface area contributed by atoms with Crippen LogP contribution in [0.4, 0.5) is 15.8 Å². The molecular formula is C27H31FN2O4S. The summed E-state index contributed by atoms with van der Waals surface area (Å²) >= 11 is 0. The third kappa shape index (κ3) is 5.82. The summed E-state index contributed by atoms with van der Waals surface area (Å²) in [6.45, 7) is 7.65. The van der Waals surface area contributed by atoms with E-state index in [-0.39, 0.29) is 28.2 Å². The topological polar surface area (TPSA) is 75.7 Å². The summed E-state index contributed by atoms with van der Waals surface area (Å²) < 4.78 is 47.1. The molecule has 0 fully saturated rings. The summed E-state index contributed by atoms with van der Waals surface area (Å²) in [6, 6.07) is 16.9. The van der Waals surface area contributed by atoms with Crippen LogP contribution >= 0.6 is 0 Å². The maximum Gasteiger partial charge on any atom is 0.264 e. The molecule has 0 aliphatic rings. The molecule has 35 heavy (non-hydrogen) atoms. The monoisotopic (exact) mass is 498 g/mol. The van der Waals surface area contributed by atoms with Crippen molar-refractivity contribution in [3.63, 3.8) is 0 Å². The first-order chi connectivity index (χ1) is 16.6. The molecule has 3 aromatic rings. The Hall–Kier alpha value is -3.39. The number of nitrogens with one attached hydrogen (secondary N) is 1. The Bertz CT molecular complexity index is 1260. The van der Waals surface area contributed by atoms with Crippen LogP contribution in [0.25, 0.3) is 0 Å². The molecule has 0 heterocycles. The standard InChI is InChI=1S/C27H31FN2O4S/c1-18(2)22-9-8-10-23(19(3)4)27(22)29-26(31)17-30(24-11-6-7-12-25(24)34-5)35(32,33)21-15-13-20(28)14-16-21/h6-16,18-19H,17H2,1-5H3,(H,29,31). The molecule has 0 radical (unpaired) electrons. The molecule has 0 aliphatic carbocycles. The number of nitrogens with zero attached hydrogens (tertiary/aromatic N) is 1. The van der Waals surface area contributed by atoms with Crippen molar-refractivity contribution in [3.8, 4) is 5.75 Å². The molecule has 1 amide bonds. The molecule has 0 saturated carbocycles. The zero-order valence-corrected chi connectivity index (χ0v) is 21.4. The number of sulfonamides is 1. The number of benzene rings is 3. The Balaban J connectivity index is 2.05. The van der Waals surface area contributed by atoms with E-state index in [9.17, 15) is 17.6 Å². The lowest BCUT2D eigenvalue weighted by Crippen LogP contribution is -2.38. The van der Waals surface area contributed by atoms with Crippen LogP contribution in [0.3, 0.4) is 0 Å². The summed E-state index contributed by atoms with van der Waals surface area (Å²) in [5, 5.41) is 2.97. The van der Waals surface area contributed by atoms with E-state index in [4.69, 9.17) is 4.74 Å². The van der Waals surface area contributed by atoms with E-state index >= 15 is 0 Å². The van der Waals surface area contributed by atoms with Gasteiger partial charge in [-0.05, 0) is 59.4 Å². The number of anilines is 2. The molecule has 0 atom stereocenters. The number of carbonyl (C=O) groups excluding carboxylic acids is 1. The van der Waals surface area contributed by atoms with Crippen LogP contribution in [-0.4, -0.2) is 28.0 Å². The van der Waals surface area contributed by atoms with E-state index in [1.807, 2.05) is 45.9 Å². The van der Waals surface area contributed by atoms with E-state index in [2.05, 4.69) is 5.32 Å². The molecule has 0 aliphatic heterocycles. The summed E-state index contributed by atoms with van der Waals surface area (Å²) in [5.41, 5.74) is 2.84. The van der Waals surface area contributed by atoms with Gasteiger partial charge in [0.2, 0.25) is 5.91 Å². The Morgan fingerprint density at radius 2 is 1.49 bits per heavy atom.